The van der Waals surface area contributed by atoms with Crippen LogP contribution < -0.4 is 10.1 Å². The van der Waals surface area contributed by atoms with Crippen molar-refractivity contribution in [3.05, 3.63) is 84.3 Å². The zero-order chi connectivity index (χ0) is 22.8. The summed E-state index contributed by atoms with van der Waals surface area (Å²) >= 11 is 0. The summed E-state index contributed by atoms with van der Waals surface area (Å²) in [4.78, 5) is 17.8. The third-order valence-corrected chi connectivity index (χ3v) is 6.52. The fourth-order valence-corrected chi connectivity index (χ4v) is 4.63. The number of nitrogens with zero attached hydrogens (tertiary/aromatic N) is 3. The number of carbonyl (C=O) groups is 1. The highest BCUT2D eigenvalue weighted by Gasteiger charge is 2.27. The van der Waals surface area contributed by atoms with Gasteiger partial charge >= 0.3 is 0 Å². The second kappa shape index (κ2) is 9.06. The highest BCUT2D eigenvalue weighted by Crippen LogP contribution is 2.27. The molecule has 1 N–H and O–H groups in total. The predicted octanol–water partition coefficient (Wildman–Crippen LogP) is 4.18. The molecule has 6 heteroatoms. The first-order valence-corrected chi connectivity index (χ1v) is 11.5. The summed E-state index contributed by atoms with van der Waals surface area (Å²) in [6, 6.07) is 18.4. The molecule has 0 saturated carbocycles. The molecule has 2 aromatic carbocycles. The monoisotopic (exact) mass is 442 g/mol. The number of nitrogens with one attached hydrogen (secondary N) is 1. The molecular weight excluding hydrogens is 412 g/mol. The van der Waals surface area contributed by atoms with Crippen LogP contribution in [0.15, 0.2) is 78.6 Å². The molecule has 5 rings (SSSR count). The first kappa shape index (κ1) is 21.2. The van der Waals surface area contributed by atoms with Crippen LogP contribution in [-0.2, 0) is 0 Å². The minimum atomic E-state index is 0.0823. The standard InChI is InChI=1S/C27H30N4O2/c1-29-15-11-21(12-16-29)28-22-13-17-30(18-14-22)27(32)26-19-20-5-3-4-6-25(20)31(26)23-7-9-24(33-2)10-8-23/h3-12,15,19,22,28H,13-14,16-18H2,1-2H3. The van der Waals surface area contributed by atoms with Gasteiger partial charge in [0.25, 0.3) is 5.91 Å². The smallest absolute Gasteiger partial charge is 0.270 e. The molecule has 0 atom stereocenters. The lowest BCUT2D eigenvalue weighted by Gasteiger charge is -2.34. The van der Waals surface area contributed by atoms with E-state index in [1.54, 1.807) is 7.11 Å². The Balaban J connectivity index is 1.35. The minimum absolute atomic E-state index is 0.0823. The number of carbonyl (C=O) groups excluding carboxylic acids is 1. The number of allylic oxidation sites excluding steroid dienone is 1. The Kier molecular flexibility index (Phi) is 5.82. The molecule has 0 bridgehead atoms. The van der Waals surface area contributed by atoms with Gasteiger partial charge in [-0.3, -0.25) is 4.79 Å². The number of rotatable bonds is 5. The molecule has 33 heavy (non-hydrogen) atoms. The fraction of sp³-hybridized carbons (Fsp3) is 0.296. The number of hydrogen-bond acceptors (Lipinski definition) is 4. The summed E-state index contributed by atoms with van der Waals surface area (Å²) in [7, 11) is 3.73. The van der Waals surface area contributed by atoms with Gasteiger partial charge in [0, 0.05) is 55.7 Å². The minimum Gasteiger partial charge on any atom is -0.497 e. The van der Waals surface area contributed by atoms with Gasteiger partial charge in [0.05, 0.1) is 12.6 Å². The molecule has 6 nitrogen and oxygen atoms in total. The number of methoxy groups -OCH3 is 1. The van der Waals surface area contributed by atoms with Crippen molar-refractivity contribution in [2.45, 2.75) is 18.9 Å². The van der Waals surface area contributed by atoms with E-state index in [4.69, 9.17) is 4.74 Å². The van der Waals surface area contributed by atoms with E-state index in [0.29, 0.717) is 11.7 Å². The van der Waals surface area contributed by atoms with Crippen molar-refractivity contribution in [3.63, 3.8) is 0 Å². The van der Waals surface area contributed by atoms with E-state index < -0.39 is 0 Å². The van der Waals surface area contributed by atoms with Crippen molar-refractivity contribution >= 4 is 16.8 Å². The van der Waals surface area contributed by atoms with Crippen LogP contribution in [-0.4, -0.2) is 60.1 Å². The molecular formula is C27H30N4O2. The lowest BCUT2D eigenvalue weighted by atomic mass is 10.0. The van der Waals surface area contributed by atoms with Crippen molar-refractivity contribution < 1.29 is 9.53 Å². The van der Waals surface area contributed by atoms with Crippen LogP contribution in [0.1, 0.15) is 23.3 Å². The average Bonchev–Trinajstić information content (AvgIpc) is 3.25. The third kappa shape index (κ3) is 4.33. The number of hydrogen-bond donors (Lipinski definition) is 1. The Morgan fingerprint density at radius 2 is 1.82 bits per heavy atom. The Morgan fingerprint density at radius 3 is 2.52 bits per heavy atom. The van der Waals surface area contributed by atoms with E-state index in [1.807, 2.05) is 47.4 Å². The number of amides is 1. The fourth-order valence-electron chi connectivity index (χ4n) is 4.63. The quantitative estimate of drug-likeness (QED) is 0.644. The van der Waals surface area contributed by atoms with Crippen LogP contribution >= 0.6 is 0 Å². The van der Waals surface area contributed by atoms with Gasteiger partial charge < -0.3 is 24.4 Å². The van der Waals surface area contributed by atoms with Crippen LogP contribution in [0.3, 0.4) is 0 Å². The first-order chi connectivity index (χ1) is 16.1. The number of ether oxygens (including phenoxy) is 1. The topological polar surface area (TPSA) is 49.7 Å². The number of aromatic nitrogens is 1. The van der Waals surface area contributed by atoms with Gasteiger partial charge in [-0.15, -0.1) is 0 Å². The van der Waals surface area contributed by atoms with Crippen molar-refractivity contribution in [1.29, 1.82) is 0 Å². The largest absolute Gasteiger partial charge is 0.497 e. The van der Waals surface area contributed by atoms with Crippen molar-refractivity contribution in [3.8, 4) is 11.4 Å². The first-order valence-electron chi connectivity index (χ1n) is 11.5. The molecule has 1 amide bonds. The molecule has 0 aliphatic carbocycles. The Hall–Kier alpha value is -3.67. The van der Waals surface area contributed by atoms with E-state index in [9.17, 15) is 4.79 Å². The second-order valence-electron chi connectivity index (χ2n) is 8.75. The van der Waals surface area contributed by atoms with E-state index in [2.05, 4.69) is 52.3 Å². The Labute approximate surface area is 194 Å². The third-order valence-electron chi connectivity index (χ3n) is 6.52. The molecule has 2 aliphatic heterocycles. The maximum absolute atomic E-state index is 13.7. The number of benzene rings is 2. The lowest BCUT2D eigenvalue weighted by molar-refractivity contribution is 0.0700. The summed E-state index contributed by atoms with van der Waals surface area (Å²) in [5, 5.41) is 4.70. The van der Waals surface area contributed by atoms with Gasteiger partial charge in [-0.2, -0.15) is 0 Å². The average molecular weight is 443 g/mol. The second-order valence-corrected chi connectivity index (χ2v) is 8.75. The van der Waals surface area contributed by atoms with E-state index in [0.717, 1.165) is 54.8 Å². The van der Waals surface area contributed by atoms with E-state index in [1.165, 1.54) is 5.70 Å². The van der Waals surface area contributed by atoms with Gasteiger partial charge in [-0.05, 0) is 61.4 Å². The number of likely N-dealkylation sites (tertiary alicyclic amines) is 1. The normalized spacial score (nSPS) is 16.7. The summed E-state index contributed by atoms with van der Waals surface area (Å²) in [6.45, 7) is 2.42. The lowest BCUT2D eigenvalue weighted by Crippen LogP contribution is -2.45. The number of likely N-dealkylation sites (N-methyl/N-ethyl adjacent to an activating group) is 1. The van der Waals surface area contributed by atoms with E-state index in [-0.39, 0.29) is 5.91 Å². The summed E-state index contributed by atoms with van der Waals surface area (Å²) < 4.78 is 7.38. The number of fused-ring (bicyclic) bond motifs is 1. The summed E-state index contributed by atoms with van der Waals surface area (Å²) in [5.74, 6) is 0.881. The molecule has 0 radical (unpaired) electrons. The molecule has 1 aromatic heterocycles. The summed E-state index contributed by atoms with van der Waals surface area (Å²) in [6.07, 6.45) is 8.31. The Bertz CT molecular complexity index is 1200. The molecule has 1 saturated heterocycles. The molecule has 2 aliphatic rings. The van der Waals surface area contributed by atoms with Crippen LogP contribution in [0, 0.1) is 0 Å². The molecule has 3 aromatic rings. The van der Waals surface area contributed by atoms with Crippen molar-refractivity contribution in [1.82, 2.24) is 19.7 Å². The van der Waals surface area contributed by atoms with Gasteiger partial charge in [0.2, 0.25) is 0 Å². The SMILES string of the molecule is COc1ccc(-n2c(C(=O)N3CCC(NC4=CCN(C)C=C4)CC3)cc3ccccc32)cc1. The van der Waals surface area contributed by atoms with Gasteiger partial charge in [-0.1, -0.05) is 18.2 Å². The maximum Gasteiger partial charge on any atom is 0.270 e. The molecule has 0 spiro atoms. The van der Waals surface area contributed by atoms with Crippen LogP contribution in [0.25, 0.3) is 16.6 Å². The molecule has 3 heterocycles. The van der Waals surface area contributed by atoms with Crippen molar-refractivity contribution in [2.24, 2.45) is 0 Å². The maximum atomic E-state index is 13.7. The van der Waals surface area contributed by atoms with Crippen molar-refractivity contribution in [2.75, 3.05) is 33.8 Å². The molecule has 170 valence electrons. The Morgan fingerprint density at radius 1 is 1.06 bits per heavy atom. The van der Waals surface area contributed by atoms with E-state index >= 15 is 0 Å². The predicted molar refractivity (Wildman–Crippen MR) is 132 cm³/mol. The van der Waals surface area contributed by atoms with Crippen LogP contribution in [0.2, 0.25) is 0 Å². The molecule has 0 unspecified atom stereocenters. The van der Waals surface area contributed by atoms with Gasteiger partial charge in [-0.25, -0.2) is 0 Å². The van der Waals surface area contributed by atoms with Gasteiger partial charge in [0.15, 0.2) is 0 Å². The zero-order valence-electron chi connectivity index (χ0n) is 19.2. The van der Waals surface area contributed by atoms with Crippen LogP contribution in [0.5, 0.6) is 5.75 Å². The zero-order valence-corrected chi connectivity index (χ0v) is 19.2. The highest BCUT2D eigenvalue weighted by atomic mass is 16.5. The highest BCUT2D eigenvalue weighted by molar-refractivity contribution is 6.00. The number of piperidine rings is 1. The number of para-hydroxylation sites is 1. The molecule has 1 fully saturated rings. The van der Waals surface area contributed by atoms with Crippen LogP contribution in [0.4, 0.5) is 0 Å². The summed E-state index contributed by atoms with van der Waals surface area (Å²) in [5.41, 5.74) is 3.87. The van der Waals surface area contributed by atoms with Gasteiger partial charge in [0.1, 0.15) is 11.4 Å².